The summed E-state index contributed by atoms with van der Waals surface area (Å²) in [6.45, 7) is 58.9. The predicted octanol–water partition coefficient (Wildman–Crippen LogP) is 28.7. The topological polar surface area (TPSA) is 15.5 Å². The molecule has 1 aliphatic rings. The van der Waals surface area contributed by atoms with Crippen LogP contribution in [-0.4, -0.2) is 0 Å². The summed E-state index contributed by atoms with van der Waals surface area (Å²) >= 11 is 0. The largest absolute Gasteiger partial charge is 0.220 e. The van der Waals surface area contributed by atoms with Crippen LogP contribution in [0.4, 0.5) is 0 Å². The summed E-state index contributed by atoms with van der Waals surface area (Å²) in [6.07, 6.45) is 5.45. The zero-order chi connectivity index (χ0) is 84.1. The van der Waals surface area contributed by atoms with Gasteiger partial charge in [0.1, 0.15) is 28.2 Å². The number of rotatable bonds is 11. The molecule has 4 nitrogen and oxygen atoms in total. The van der Waals surface area contributed by atoms with Gasteiger partial charge in [0.05, 0.1) is 43.8 Å². The minimum absolute atomic E-state index is 0.131. The van der Waals surface area contributed by atoms with Crippen molar-refractivity contribution in [3.05, 3.63) is 305 Å². The van der Waals surface area contributed by atoms with Gasteiger partial charge in [0.25, 0.3) is 0 Å². The number of fused-ring (bicyclic) bond motifs is 4. The van der Waals surface area contributed by atoms with Gasteiger partial charge < -0.3 is 0 Å². The first-order valence-corrected chi connectivity index (χ1v) is 43.2. The Morgan fingerprint density at radius 1 is 0.267 bits per heavy atom. The number of nitrogens with zero attached hydrogens (tertiary/aromatic N) is 4. The van der Waals surface area contributed by atoms with Crippen LogP contribution in [0.25, 0.3) is 110 Å². The molecule has 10 aromatic carbocycles. The summed E-state index contributed by atoms with van der Waals surface area (Å²) in [6, 6.07) is 70.8. The number of hydrogen-bond acceptors (Lipinski definition) is 0. The number of pyridine rings is 4. The number of aromatic nitrogens is 4. The third-order valence-electron chi connectivity index (χ3n) is 27.2. The first kappa shape index (κ1) is 85.2. The Bertz CT molecular complexity index is 6080. The molecule has 598 valence electrons. The van der Waals surface area contributed by atoms with E-state index in [2.05, 4.69) is 415 Å². The zero-order valence-corrected chi connectivity index (χ0v) is 76.4. The van der Waals surface area contributed by atoms with Crippen molar-refractivity contribution in [2.75, 3.05) is 0 Å². The van der Waals surface area contributed by atoms with E-state index in [1.54, 1.807) is 5.56 Å². The van der Waals surface area contributed by atoms with Crippen molar-refractivity contribution < 1.29 is 18.3 Å². The molecule has 0 bridgehead atoms. The lowest BCUT2D eigenvalue weighted by Crippen LogP contribution is -2.36. The van der Waals surface area contributed by atoms with E-state index in [1.807, 2.05) is 0 Å². The summed E-state index contributed by atoms with van der Waals surface area (Å²) in [4.78, 5) is 0. The first-order chi connectivity index (χ1) is 54.9. The molecule has 1 saturated carbocycles. The van der Waals surface area contributed by atoms with Crippen molar-refractivity contribution in [1.82, 2.24) is 0 Å². The highest BCUT2D eigenvalue weighted by Crippen LogP contribution is 2.44. The lowest BCUT2D eigenvalue weighted by atomic mass is 9.82. The number of aryl methyl sites for hydroxylation is 8. The Morgan fingerprint density at radius 3 is 0.931 bits per heavy atom. The molecule has 0 N–H and O–H groups in total. The van der Waals surface area contributed by atoms with Crippen LogP contribution in [-0.2, 0) is 33.6 Å². The van der Waals surface area contributed by atoms with Crippen molar-refractivity contribution in [2.24, 2.45) is 28.2 Å². The van der Waals surface area contributed by atoms with Gasteiger partial charge in [0.2, 0.25) is 22.8 Å². The average molecular weight is 1540 g/mol. The van der Waals surface area contributed by atoms with Crippen LogP contribution in [0.3, 0.4) is 0 Å². The minimum Gasteiger partial charge on any atom is -0.198 e. The van der Waals surface area contributed by atoms with Crippen LogP contribution in [0, 0.1) is 104 Å². The van der Waals surface area contributed by atoms with E-state index < -0.39 is 0 Å². The molecule has 116 heavy (non-hydrogen) atoms. The van der Waals surface area contributed by atoms with Gasteiger partial charge in [-0.1, -0.05) is 229 Å². The van der Waals surface area contributed by atoms with E-state index in [4.69, 9.17) is 0 Å². The van der Waals surface area contributed by atoms with Crippen LogP contribution in [0.15, 0.2) is 188 Å². The molecule has 0 unspecified atom stereocenters. The Kier molecular flexibility index (Phi) is 25.4. The summed E-state index contributed by atoms with van der Waals surface area (Å²) in [5.41, 5.74) is 44.9. The van der Waals surface area contributed by atoms with Crippen molar-refractivity contribution in [1.29, 1.82) is 0 Å². The van der Waals surface area contributed by atoms with Gasteiger partial charge in [-0.05, 0) is 289 Å². The average Bonchev–Trinajstić information content (AvgIpc) is 0.799. The van der Waals surface area contributed by atoms with Gasteiger partial charge in [0.15, 0.2) is 22.8 Å². The van der Waals surface area contributed by atoms with Crippen molar-refractivity contribution >= 4 is 43.1 Å². The molecule has 14 aromatic rings. The first-order valence-electron chi connectivity index (χ1n) is 43.2. The number of hydrogen-bond donors (Lipinski definition) is 0. The fraction of sp³-hybridized carbons (Fsp3) is 0.357. The van der Waals surface area contributed by atoms with E-state index in [9.17, 15) is 0 Å². The van der Waals surface area contributed by atoms with Crippen LogP contribution in [0.2, 0.25) is 0 Å². The molecule has 0 saturated heterocycles. The Morgan fingerprint density at radius 2 is 0.578 bits per heavy atom. The SMILES string of the molecule is Cc1cc(-c2ccccc2)cc(-c2c3ccc(C(C)C)cc3c(C)c(C)[n+]2C)c1C.Cc1cc(C(C)(C)C)cc(-c2c3ccc(C(C)C)cc3c(C)c(C)[n+]2C)c1C.Cc1cc(C2CCCC2)cc(-c2c3ccc(C(C)C)cc3c(C)c(C)[n+]2C)c1C.Cc1ccc(-c2ccccc2)cc1-c1c2ccc(C(C)C)cc2c(C)c(C)[n+]1C. The van der Waals surface area contributed by atoms with Crippen LogP contribution in [0.5, 0.6) is 0 Å². The molecular weight excluding hydrogens is 1400 g/mol. The molecule has 1 aliphatic carbocycles. The van der Waals surface area contributed by atoms with E-state index in [1.165, 1.54) is 248 Å². The van der Waals surface area contributed by atoms with Crippen LogP contribution in [0.1, 0.15) is 249 Å². The van der Waals surface area contributed by atoms with E-state index >= 15 is 0 Å². The summed E-state index contributed by atoms with van der Waals surface area (Å²) < 4.78 is 9.56. The van der Waals surface area contributed by atoms with E-state index in [-0.39, 0.29) is 5.41 Å². The molecule has 4 heterocycles. The predicted molar refractivity (Wildman–Crippen MR) is 500 cm³/mol. The van der Waals surface area contributed by atoms with Gasteiger partial charge in [-0.2, -0.15) is 18.3 Å². The molecule has 0 aliphatic heterocycles. The van der Waals surface area contributed by atoms with Crippen molar-refractivity contribution in [3.8, 4) is 67.3 Å². The van der Waals surface area contributed by atoms with Gasteiger partial charge in [0, 0.05) is 49.9 Å². The summed E-state index contributed by atoms with van der Waals surface area (Å²) in [7, 11) is 8.86. The second kappa shape index (κ2) is 34.6. The van der Waals surface area contributed by atoms with Crippen LogP contribution < -0.4 is 18.3 Å². The van der Waals surface area contributed by atoms with Gasteiger partial charge in [-0.3, -0.25) is 0 Å². The highest BCUT2D eigenvalue weighted by atomic mass is 15.0. The normalized spacial score (nSPS) is 12.5. The maximum atomic E-state index is 2.51. The highest BCUT2D eigenvalue weighted by molar-refractivity contribution is 6.00. The van der Waals surface area contributed by atoms with Crippen molar-refractivity contribution in [3.63, 3.8) is 0 Å². The standard InChI is InChI=1S/C29H32N.C28H36N.C28H30N.C27H36N/c1-18(2)24-13-14-26-27(16-24)21(5)22(6)30(7)29(26)28-17-25(15-19(3)20(28)4)23-11-9-8-10-12-23;1-17(2)23-12-13-25-26(15-23)20(5)21(6)29(7)28(25)27-16-24(14-18(3)19(27)4)22-10-8-9-11-22;1-18(2)23-14-15-25-27(16-23)20(4)21(5)29(6)28(25)26-17-24(13-12-19(26)3)22-10-8-7-9-11-22;1-16(2)21-11-12-23-24(14-21)19(5)20(6)28(10)26(23)25-15-22(27(7,8)9)13-17(3)18(25)4/h8-18H,1-7H3;12-17,22H,8-11H2,1-7H3;7-18H,1-6H3;11-16H,1-10H3/q4*+1. The molecule has 4 aromatic heterocycles. The maximum absolute atomic E-state index is 2.51. The van der Waals surface area contributed by atoms with Crippen molar-refractivity contribution in [2.45, 2.75) is 241 Å². The molecule has 0 atom stereocenters. The van der Waals surface area contributed by atoms with E-state index in [0.717, 1.165) is 5.92 Å². The number of benzene rings is 10. The smallest absolute Gasteiger partial charge is 0.198 e. The minimum atomic E-state index is 0.131. The lowest BCUT2D eigenvalue weighted by molar-refractivity contribution is -0.666. The molecule has 0 spiro atoms. The van der Waals surface area contributed by atoms with Gasteiger partial charge in [-0.15, -0.1) is 0 Å². The maximum Gasteiger partial charge on any atom is 0.220 e. The summed E-state index contributed by atoms with van der Waals surface area (Å²) in [5, 5.41) is 10.9. The lowest BCUT2D eigenvalue weighted by Gasteiger charge is -2.22. The Balaban J connectivity index is 0.000000143. The molecule has 15 rings (SSSR count). The Labute approximate surface area is 698 Å². The van der Waals surface area contributed by atoms with Gasteiger partial charge in [-0.25, -0.2) is 0 Å². The monoisotopic (exact) mass is 1540 g/mol. The third kappa shape index (κ3) is 16.8. The molecule has 4 heteroatoms. The highest BCUT2D eigenvalue weighted by Gasteiger charge is 2.31. The van der Waals surface area contributed by atoms with Gasteiger partial charge >= 0.3 is 0 Å². The third-order valence-corrected chi connectivity index (χ3v) is 27.2. The summed E-state index contributed by atoms with van der Waals surface area (Å²) in [5.74, 6) is 2.88. The second-order valence-corrected chi connectivity index (χ2v) is 36.7. The van der Waals surface area contributed by atoms with Crippen LogP contribution >= 0.6 is 0 Å². The zero-order valence-electron chi connectivity index (χ0n) is 76.4. The quantitative estimate of drug-likeness (QED) is 0.115. The fourth-order valence-electron chi connectivity index (χ4n) is 18.0. The second-order valence-electron chi connectivity index (χ2n) is 36.7. The molecule has 0 radical (unpaired) electrons. The van der Waals surface area contributed by atoms with E-state index in [0.29, 0.717) is 23.7 Å². The fourth-order valence-corrected chi connectivity index (χ4v) is 18.0. The molecule has 0 amide bonds. The Hall–Kier alpha value is -10.2. The molecular formula is C112H134N4+4. The molecule has 1 fully saturated rings.